The molecule has 0 saturated heterocycles. The van der Waals surface area contributed by atoms with Crippen molar-refractivity contribution >= 4 is 5.69 Å². The zero-order chi connectivity index (χ0) is 18.9. The van der Waals surface area contributed by atoms with E-state index in [9.17, 15) is 0 Å². The molecule has 27 heavy (non-hydrogen) atoms. The Hall–Kier alpha value is -3.14. The third kappa shape index (κ3) is 5.42. The number of hydrogen-bond donors (Lipinski definition) is 1. The molecule has 0 fully saturated rings. The van der Waals surface area contributed by atoms with E-state index in [4.69, 9.17) is 14.2 Å². The molecule has 0 heterocycles. The van der Waals surface area contributed by atoms with Crippen molar-refractivity contribution in [1.82, 2.24) is 0 Å². The Morgan fingerprint density at radius 2 is 1.56 bits per heavy atom. The summed E-state index contributed by atoms with van der Waals surface area (Å²) >= 11 is 0. The number of hydrogen-bond acceptors (Lipinski definition) is 4. The highest BCUT2D eigenvalue weighted by Gasteiger charge is 2.07. The van der Waals surface area contributed by atoms with E-state index >= 15 is 0 Å². The molecule has 0 amide bonds. The second kappa shape index (κ2) is 9.53. The number of benzene rings is 3. The molecule has 3 aromatic rings. The van der Waals surface area contributed by atoms with Crippen LogP contribution in [0.2, 0.25) is 0 Å². The molecule has 0 spiro atoms. The molecular weight excluding hydrogens is 338 g/mol. The van der Waals surface area contributed by atoms with Crippen molar-refractivity contribution in [2.45, 2.75) is 20.1 Å². The average Bonchev–Trinajstić information content (AvgIpc) is 2.73. The lowest BCUT2D eigenvalue weighted by Crippen LogP contribution is -2.03. The van der Waals surface area contributed by atoms with Crippen molar-refractivity contribution in [2.24, 2.45) is 0 Å². The molecule has 0 aliphatic carbocycles. The lowest BCUT2D eigenvalue weighted by Gasteiger charge is -2.14. The summed E-state index contributed by atoms with van der Waals surface area (Å²) in [5.74, 6) is 2.37. The summed E-state index contributed by atoms with van der Waals surface area (Å²) in [7, 11) is 1.67. The van der Waals surface area contributed by atoms with Gasteiger partial charge in [0.15, 0.2) is 11.5 Å². The summed E-state index contributed by atoms with van der Waals surface area (Å²) < 4.78 is 16.9. The largest absolute Gasteiger partial charge is 0.497 e. The van der Waals surface area contributed by atoms with Crippen molar-refractivity contribution in [3.8, 4) is 17.2 Å². The quantitative estimate of drug-likeness (QED) is 0.561. The smallest absolute Gasteiger partial charge is 0.161 e. The molecule has 3 aromatic carbocycles. The second-order valence-electron chi connectivity index (χ2n) is 6.07. The van der Waals surface area contributed by atoms with E-state index in [-0.39, 0.29) is 0 Å². The molecule has 0 aliphatic heterocycles. The van der Waals surface area contributed by atoms with Crippen LogP contribution in [0.15, 0.2) is 72.8 Å². The van der Waals surface area contributed by atoms with Crippen LogP contribution in [0, 0.1) is 0 Å². The highest BCUT2D eigenvalue weighted by Crippen LogP contribution is 2.29. The number of nitrogens with one attached hydrogen (secondary N) is 1. The van der Waals surface area contributed by atoms with Gasteiger partial charge in [0, 0.05) is 12.2 Å². The van der Waals surface area contributed by atoms with E-state index in [1.165, 1.54) is 0 Å². The Morgan fingerprint density at radius 1 is 0.778 bits per heavy atom. The van der Waals surface area contributed by atoms with Crippen LogP contribution in [0.3, 0.4) is 0 Å². The third-order valence-electron chi connectivity index (χ3n) is 4.13. The normalized spacial score (nSPS) is 10.3. The van der Waals surface area contributed by atoms with Gasteiger partial charge in [-0.25, -0.2) is 0 Å². The van der Waals surface area contributed by atoms with Gasteiger partial charge in [0.25, 0.3) is 0 Å². The molecule has 0 radical (unpaired) electrons. The topological polar surface area (TPSA) is 39.7 Å². The minimum absolute atomic E-state index is 0.518. The fourth-order valence-electron chi connectivity index (χ4n) is 2.70. The summed E-state index contributed by atoms with van der Waals surface area (Å²) in [6.45, 7) is 3.79. The van der Waals surface area contributed by atoms with Crippen molar-refractivity contribution in [3.05, 3.63) is 83.9 Å². The summed E-state index contributed by atoms with van der Waals surface area (Å²) in [6, 6.07) is 24.0. The van der Waals surface area contributed by atoms with E-state index in [1.54, 1.807) is 7.11 Å². The lowest BCUT2D eigenvalue weighted by molar-refractivity contribution is 0.269. The summed E-state index contributed by atoms with van der Waals surface area (Å²) in [5.41, 5.74) is 3.30. The molecule has 1 N–H and O–H groups in total. The van der Waals surface area contributed by atoms with Gasteiger partial charge < -0.3 is 19.5 Å². The molecule has 0 saturated carbocycles. The maximum atomic E-state index is 5.96. The summed E-state index contributed by atoms with van der Waals surface area (Å²) in [4.78, 5) is 0. The standard InChI is InChI=1S/C23H25NO3/c1-3-26-23-15-19(16-24-20-10-12-21(25-2)13-11-20)9-14-22(23)27-17-18-7-5-4-6-8-18/h4-15,24H,3,16-17H2,1-2H3. The molecular formula is C23H25NO3. The predicted octanol–water partition coefficient (Wildman–Crippen LogP) is 5.29. The Balaban J connectivity index is 1.64. The van der Waals surface area contributed by atoms with E-state index in [0.29, 0.717) is 19.8 Å². The predicted molar refractivity (Wildman–Crippen MR) is 109 cm³/mol. The zero-order valence-corrected chi connectivity index (χ0v) is 15.8. The first-order valence-corrected chi connectivity index (χ1v) is 9.09. The van der Waals surface area contributed by atoms with Crippen LogP contribution in [-0.4, -0.2) is 13.7 Å². The molecule has 0 unspecified atom stereocenters. The first-order valence-electron chi connectivity index (χ1n) is 9.09. The Morgan fingerprint density at radius 3 is 2.26 bits per heavy atom. The fraction of sp³-hybridized carbons (Fsp3) is 0.217. The fourth-order valence-corrected chi connectivity index (χ4v) is 2.70. The third-order valence-corrected chi connectivity index (χ3v) is 4.13. The summed E-state index contributed by atoms with van der Waals surface area (Å²) in [6.07, 6.45) is 0. The lowest BCUT2D eigenvalue weighted by atomic mass is 10.2. The van der Waals surface area contributed by atoms with Crippen LogP contribution in [0.5, 0.6) is 17.2 Å². The van der Waals surface area contributed by atoms with Gasteiger partial charge >= 0.3 is 0 Å². The van der Waals surface area contributed by atoms with Gasteiger partial charge in [-0.2, -0.15) is 0 Å². The van der Waals surface area contributed by atoms with Crippen molar-refractivity contribution in [2.75, 3.05) is 19.0 Å². The van der Waals surface area contributed by atoms with Crippen LogP contribution in [-0.2, 0) is 13.2 Å². The molecule has 4 heteroatoms. The van der Waals surface area contributed by atoms with Crippen LogP contribution in [0.1, 0.15) is 18.1 Å². The van der Waals surface area contributed by atoms with E-state index in [1.807, 2.05) is 73.7 Å². The van der Waals surface area contributed by atoms with Crippen LogP contribution in [0.4, 0.5) is 5.69 Å². The van der Waals surface area contributed by atoms with Gasteiger partial charge in [-0.15, -0.1) is 0 Å². The maximum Gasteiger partial charge on any atom is 0.161 e. The highest BCUT2D eigenvalue weighted by molar-refractivity contribution is 5.48. The van der Waals surface area contributed by atoms with Gasteiger partial charge in [0.1, 0.15) is 12.4 Å². The molecule has 140 valence electrons. The van der Waals surface area contributed by atoms with Crippen LogP contribution < -0.4 is 19.5 Å². The number of anilines is 1. The second-order valence-corrected chi connectivity index (χ2v) is 6.07. The minimum Gasteiger partial charge on any atom is -0.497 e. The van der Waals surface area contributed by atoms with Gasteiger partial charge in [0.2, 0.25) is 0 Å². The Labute approximate surface area is 160 Å². The molecule has 0 aromatic heterocycles. The molecule has 0 bridgehead atoms. The first-order chi connectivity index (χ1) is 13.3. The van der Waals surface area contributed by atoms with Gasteiger partial charge in [0.05, 0.1) is 13.7 Å². The van der Waals surface area contributed by atoms with Gasteiger partial charge in [-0.1, -0.05) is 36.4 Å². The number of rotatable bonds is 9. The molecule has 0 atom stereocenters. The van der Waals surface area contributed by atoms with E-state index < -0.39 is 0 Å². The van der Waals surface area contributed by atoms with Crippen molar-refractivity contribution in [1.29, 1.82) is 0 Å². The average molecular weight is 363 g/mol. The first kappa shape index (κ1) is 18.6. The Bertz CT molecular complexity index is 832. The number of methoxy groups -OCH3 is 1. The number of ether oxygens (including phenoxy) is 3. The molecule has 0 aliphatic rings. The Kier molecular flexibility index (Phi) is 6.58. The van der Waals surface area contributed by atoms with Crippen LogP contribution >= 0.6 is 0 Å². The summed E-state index contributed by atoms with van der Waals surface area (Å²) in [5, 5.41) is 3.41. The van der Waals surface area contributed by atoms with E-state index in [2.05, 4.69) is 11.4 Å². The highest BCUT2D eigenvalue weighted by atomic mass is 16.5. The monoisotopic (exact) mass is 363 g/mol. The molecule has 4 nitrogen and oxygen atoms in total. The zero-order valence-electron chi connectivity index (χ0n) is 15.8. The minimum atomic E-state index is 0.518. The molecule has 3 rings (SSSR count). The van der Waals surface area contributed by atoms with Crippen molar-refractivity contribution < 1.29 is 14.2 Å². The van der Waals surface area contributed by atoms with Crippen molar-refractivity contribution in [3.63, 3.8) is 0 Å². The van der Waals surface area contributed by atoms with Gasteiger partial charge in [-0.3, -0.25) is 0 Å². The van der Waals surface area contributed by atoms with E-state index in [0.717, 1.165) is 34.1 Å². The maximum absolute atomic E-state index is 5.96. The SMILES string of the molecule is CCOc1cc(CNc2ccc(OC)cc2)ccc1OCc1ccccc1. The van der Waals surface area contributed by atoms with Gasteiger partial charge in [-0.05, 0) is 54.4 Å². The van der Waals surface area contributed by atoms with Crippen LogP contribution in [0.25, 0.3) is 0 Å².